The SMILES string of the molecule is FC1(F)CCC(CNC2CCCCCCC2)C1. The van der Waals surface area contributed by atoms with Gasteiger partial charge in [-0.2, -0.15) is 0 Å². The Hall–Kier alpha value is -0.180. The third kappa shape index (κ3) is 4.53. The molecule has 0 aromatic rings. The lowest BCUT2D eigenvalue weighted by Gasteiger charge is -2.23. The van der Waals surface area contributed by atoms with Crippen LogP contribution in [-0.4, -0.2) is 18.5 Å². The van der Waals surface area contributed by atoms with E-state index in [1.165, 1.54) is 44.9 Å². The van der Waals surface area contributed by atoms with Crippen LogP contribution >= 0.6 is 0 Å². The molecule has 0 aromatic carbocycles. The summed E-state index contributed by atoms with van der Waals surface area (Å²) in [6.07, 6.45) is 10.1. The molecule has 0 aliphatic heterocycles. The maximum Gasteiger partial charge on any atom is 0.248 e. The van der Waals surface area contributed by atoms with E-state index in [9.17, 15) is 8.78 Å². The Kier molecular flexibility index (Phi) is 4.78. The van der Waals surface area contributed by atoms with E-state index in [1.807, 2.05) is 0 Å². The van der Waals surface area contributed by atoms with E-state index >= 15 is 0 Å². The maximum atomic E-state index is 13.1. The molecule has 0 radical (unpaired) electrons. The first-order valence-corrected chi connectivity index (χ1v) is 7.27. The first kappa shape index (κ1) is 13.3. The van der Waals surface area contributed by atoms with E-state index < -0.39 is 5.92 Å². The molecule has 0 aromatic heterocycles. The second-order valence-electron chi connectivity index (χ2n) is 5.92. The summed E-state index contributed by atoms with van der Waals surface area (Å²) in [6.45, 7) is 0.806. The van der Waals surface area contributed by atoms with Gasteiger partial charge >= 0.3 is 0 Å². The molecular weight excluding hydrogens is 220 g/mol. The van der Waals surface area contributed by atoms with E-state index in [2.05, 4.69) is 5.32 Å². The van der Waals surface area contributed by atoms with Crippen molar-refractivity contribution in [1.82, 2.24) is 5.32 Å². The Morgan fingerprint density at radius 1 is 0.941 bits per heavy atom. The molecule has 3 heteroatoms. The van der Waals surface area contributed by atoms with Gasteiger partial charge in [-0.3, -0.25) is 0 Å². The van der Waals surface area contributed by atoms with Gasteiger partial charge in [-0.15, -0.1) is 0 Å². The minimum absolute atomic E-state index is 0.101. The zero-order valence-electron chi connectivity index (χ0n) is 10.7. The second kappa shape index (κ2) is 6.12. The minimum atomic E-state index is -2.38. The molecular formula is C14H25F2N. The Balaban J connectivity index is 1.66. The predicted octanol–water partition coefficient (Wildman–Crippen LogP) is 4.12. The lowest BCUT2D eigenvalue weighted by Crippen LogP contribution is -2.33. The Morgan fingerprint density at radius 2 is 1.59 bits per heavy atom. The van der Waals surface area contributed by atoms with Crippen molar-refractivity contribution in [2.75, 3.05) is 6.54 Å². The third-order valence-corrected chi connectivity index (χ3v) is 4.31. The van der Waals surface area contributed by atoms with Crippen LogP contribution in [0.25, 0.3) is 0 Å². The smallest absolute Gasteiger partial charge is 0.248 e. The van der Waals surface area contributed by atoms with Gasteiger partial charge in [-0.1, -0.05) is 32.1 Å². The van der Waals surface area contributed by atoms with Crippen LogP contribution in [0.3, 0.4) is 0 Å². The van der Waals surface area contributed by atoms with Crippen LogP contribution < -0.4 is 5.32 Å². The van der Waals surface area contributed by atoms with Crippen LogP contribution in [0.1, 0.15) is 64.2 Å². The Bertz CT molecular complexity index is 222. The van der Waals surface area contributed by atoms with E-state index in [0.717, 1.165) is 6.54 Å². The van der Waals surface area contributed by atoms with Crippen LogP contribution in [0.4, 0.5) is 8.78 Å². The molecule has 0 amide bonds. The first-order valence-electron chi connectivity index (χ1n) is 7.27. The molecule has 1 atom stereocenters. The largest absolute Gasteiger partial charge is 0.314 e. The van der Waals surface area contributed by atoms with Crippen LogP contribution in [-0.2, 0) is 0 Å². The van der Waals surface area contributed by atoms with E-state index in [4.69, 9.17) is 0 Å². The molecule has 1 nitrogen and oxygen atoms in total. The number of rotatable bonds is 3. The summed E-state index contributed by atoms with van der Waals surface area (Å²) in [5, 5.41) is 3.54. The van der Waals surface area contributed by atoms with Crippen molar-refractivity contribution in [2.45, 2.75) is 76.2 Å². The lowest BCUT2D eigenvalue weighted by molar-refractivity contribution is 0.00495. The number of alkyl halides is 2. The van der Waals surface area contributed by atoms with Crippen LogP contribution in [0.2, 0.25) is 0 Å². The van der Waals surface area contributed by atoms with Gasteiger partial charge in [0.2, 0.25) is 5.92 Å². The van der Waals surface area contributed by atoms with Crippen molar-refractivity contribution in [2.24, 2.45) is 5.92 Å². The average molecular weight is 245 g/mol. The molecule has 0 bridgehead atoms. The van der Waals surface area contributed by atoms with Crippen LogP contribution in [0.15, 0.2) is 0 Å². The summed E-state index contributed by atoms with van der Waals surface area (Å²) >= 11 is 0. The van der Waals surface area contributed by atoms with Gasteiger partial charge in [0.15, 0.2) is 0 Å². The van der Waals surface area contributed by atoms with Crippen LogP contribution in [0, 0.1) is 5.92 Å². The molecule has 0 heterocycles. The standard InChI is InChI=1S/C14H25F2N/c15-14(16)9-8-12(10-14)11-17-13-6-4-2-1-3-5-7-13/h12-13,17H,1-11H2. The summed E-state index contributed by atoms with van der Waals surface area (Å²) in [5.41, 5.74) is 0. The minimum Gasteiger partial charge on any atom is -0.314 e. The van der Waals surface area contributed by atoms with Gasteiger partial charge in [0.1, 0.15) is 0 Å². The summed E-state index contributed by atoms with van der Waals surface area (Å²) in [6, 6.07) is 0.588. The van der Waals surface area contributed by atoms with E-state index in [0.29, 0.717) is 12.5 Å². The van der Waals surface area contributed by atoms with Gasteiger partial charge in [0, 0.05) is 18.9 Å². The van der Waals surface area contributed by atoms with Gasteiger partial charge < -0.3 is 5.32 Å². The third-order valence-electron chi connectivity index (χ3n) is 4.31. The van der Waals surface area contributed by atoms with Crippen molar-refractivity contribution >= 4 is 0 Å². The normalized spacial score (nSPS) is 31.1. The van der Waals surface area contributed by atoms with Crippen molar-refractivity contribution in [3.05, 3.63) is 0 Å². The number of hydrogen-bond donors (Lipinski definition) is 1. The fourth-order valence-electron chi connectivity index (χ4n) is 3.21. The van der Waals surface area contributed by atoms with E-state index in [-0.39, 0.29) is 18.8 Å². The van der Waals surface area contributed by atoms with Crippen molar-refractivity contribution in [3.63, 3.8) is 0 Å². The lowest BCUT2D eigenvalue weighted by atomic mass is 9.96. The molecule has 2 aliphatic rings. The highest BCUT2D eigenvalue weighted by Crippen LogP contribution is 2.38. The Labute approximate surface area is 103 Å². The zero-order valence-corrected chi connectivity index (χ0v) is 10.7. The summed E-state index contributed by atoms with van der Waals surface area (Å²) in [4.78, 5) is 0. The van der Waals surface area contributed by atoms with E-state index in [1.54, 1.807) is 0 Å². The zero-order chi connectivity index (χ0) is 12.1. The number of nitrogens with one attached hydrogen (secondary N) is 1. The van der Waals surface area contributed by atoms with Crippen molar-refractivity contribution in [3.8, 4) is 0 Å². The van der Waals surface area contributed by atoms with Gasteiger partial charge in [-0.25, -0.2) is 8.78 Å². The molecule has 2 saturated carbocycles. The summed E-state index contributed by atoms with van der Waals surface area (Å²) in [5.74, 6) is -2.18. The molecule has 2 aliphatic carbocycles. The molecule has 2 rings (SSSR count). The highest BCUT2D eigenvalue weighted by molar-refractivity contribution is 4.83. The molecule has 17 heavy (non-hydrogen) atoms. The average Bonchev–Trinajstić information content (AvgIpc) is 2.57. The number of hydrogen-bond acceptors (Lipinski definition) is 1. The Morgan fingerprint density at radius 3 is 2.18 bits per heavy atom. The van der Waals surface area contributed by atoms with Gasteiger partial charge in [0.25, 0.3) is 0 Å². The molecule has 100 valence electrons. The molecule has 0 spiro atoms. The molecule has 0 saturated heterocycles. The fraction of sp³-hybridized carbons (Fsp3) is 1.00. The fourth-order valence-corrected chi connectivity index (χ4v) is 3.21. The topological polar surface area (TPSA) is 12.0 Å². The van der Waals surface area contributed by atoms with Crippen molar-refractivity contribution < 1.29 is 8.78 Å². The highest BCUT2D eigenvalue weighted by Gasteiger charge is 2.39. The summed E-state index contributed by atoms with van der Waals surface area (Å²) < 4.78 is 26.1. The quantitative estimate of drug-likeness (QED) is 0.788. The molecule has 1 N–H and O–H groups in total. The van der Waals surface area contributed by atoms with Gasteiger partial charge in [-0.05, 0) is 31.7 Å². The van der Waals surface area contributed by atoms with Crippen molar-refractivity contribution in [1.29, 1.82) is 0 Å². The second-order valence-corrected chi connectivity index (χ2v) is 5.92. The van der Waals surface area contributed by atoms with Crippen LogP contribution in [0.5, 0.6) is 0 Å². The number of halogens is 2. The molecule has 1 unspecified atom stereocenters. The molecule has 2 fully saturated rings. The summed E-state index contributed by atoms with van der Waals surface area (Å²) in [7, 11) is 0. The van der Waals surface area contributed by atoms with Gasteiger partial charge in [0.05, 0.1) is 0 Å². The maximum absolute atomic E-state index is 13.1. The predicted molar refractivity (Wildman–Crippen MR) is 66.4 cm³/mol. The highest BCUT2D eigenvalue weighted by atomic mass is 19.3. The monoisotopic (exact) mass is 245 g/mol. The first-order chi connectivity index (χ1) is 8.16.